The summed E-state index contributed by atoms with van der Waals surface area (Å²) in [7, 11) is 0. The summed E-state index contributed by atoms with van der Waals surface area (Å²) in [5.74, 6) is -2.46. The molecule has 1 atom stereocenters. The molecule has 0 fully saturated rings. The lowest BCUT2D eigenvalue weighted by molar-refractivity contribution is -0.143. The first-order valence-corrected chi connectivity index (χ1v) is 5.36. The summed E-state index contributed by atoms with van der Waals surface area (Å²) >= 11 is 0. The van der Waals surface area contributed by atoms with Gasteiger partial charge in [-0.2, -0.15) is 0 Å². The third-order valence-electron chi connectivity index (χ3n) is 1.94. The van der Waals surface area contributed by atoms with Gasteiger partial charge in [0.15, 0.2) is 0 Å². The van der Waals surface area contributed by atoms with Gasteiger partial charge in [-0.05, 0) is 0 Å². The van der Waals surface area contributed by atoms with Crippen molar-refractivity contribution in [3.05, 3.63) is 0 Å². The minimum absolute atomic E-state index is 0.153. The summed E-state index contributed by atoms with van der Waals surface area (Å²) in [6.45, 7) is 4.32. The van der Waals surface area contributed by atoms with Crippen molar-refractivity contribution in [2.24, 2.45) is 5.73 Å². The fourth-order valence-electron chi connectivity index (χ4n) is 1.14. The molecule has 17 heavy (non-hydrogen) atoms. The number of carboxylic acid groups (broad SMARTS) is 1. The molecule has 0 saturated carbocycles. The number of aliphatic carboxylic acids is 1. The van der Waals surface area contributed by atoms with Gasteiger partial charge in [-0.1, -0.05) is 13.8 Å². The van der Waals surface area contributed by atoms with E-state index in [-0.39, 0.29) is 12.5 Å². The maximum Gasteiger partial charge on any atom is 0.326 e. The Labute approximate surface area is 99.7 Å². The standard InChI is InChI=1S/C10H19N3O4/c1-6(2)12-4-3-9(15)13-7(10(16)17)5-8(11)14/h6-7,12H,3-5H2,1-2H3,(H2,11,14)(H,13,15)(H,16,17)/t7-/m1/s1. The van der Waals surface area contributed by atoms with E-state index in [1.54, 1.807) is 0 Å². The Bertz CT molecular complexity index is 291. The predicted octanol–water partition coefficient (Wildman–Crippen LogP) is -1.18. The van der Waals surface area contributed by atoms with Gasteiger partial charge in [0, 0.05) is 19.0 Å². The summed E-state index contributed by atoms with van der Waals surface area (Å²) in [4.78, 5) is 32.7. The second-order valence-corrected chi connectivity index (χ2v) is 3.99. The quantitative estimate of drug-likeness (QED) is 0.429. The van der Waals surface area contributed by atoms with Crippen molar-refractivity contribution in [2.45, 2.75) is 38.8 Å². The van der Waals surface area contributed by atoms with Gasteiger partial charge >= 0.3 is 5.97 Å². The lowest BCUT2D eigenvalue weighted by atomic mass is 10.2. The van der Waals surface area contributed by atoms with Crippen molar-refractivity contribution < 1.29 is 19.5 Å². The highest BCUT2D eigenvalue weighted by atomic mass is 16.4. The van der Waals surface area contributed by atoms with Crippen molar-refractivity contribution >= 4 is 17.8 Å². The molecule has 5 N–H and O–H groups in total. The van der Waals surface area contributed by atoms with Gasteiger partial charge in [-0.25, -0.2) is 4.79 Å². The Balaban J connectivity index is 4.04. The molecule has 98 valence electrons. The first kappa shape index (κ1) is 15.4. The van der Waals surface area contributed by atoms with Gasteiger partial charge in [-0.3, -0.25) is 9.59 Å². The Morgan fingerprint density at radius 1 is 1.29 bits per heavy atom. The molecule has 0 heterocycles. The number of carbonyl (C=O) groups is 3. The molecule has 7 nitrogen and oxygen atoms in total. The van der Waals surface area contributed by atoms with Gasteiger partial charge in [0.1, 0.15) is 6.04 Å². The molecule has 0 rings (SSSR count). The minimum Gasteiger partial charge on any atom is -0.480 e. The number of hydrogen-bond donors (Lipinski definition) is 4. The van der Waals surface area contributed by atoms with Crippen LogP contribution in [0.4, 0.5) is 0 Å². The van der Waals surface area contributed by atoms with E-state index in [0.29, 0.717) is 6.54 Å². The van der Waals surface area contributed by atoms with E-state index in [1.807, 2.05) is 13.8 Å². The summed E-state index contributed by atoms with van der Waals surface area (Å²) in [5.41, 5.74) is 4.88. The molecule has 0 aliphatic heterocycles. The van der Waals surface area contributed by atoms with Crippen molar-refractivity contribution in [1.82, 2.24) is 10.6 Å². The zero-order chi connectivity index (χ0) is 13.4. The number of primary amides is 1. The van der Waals surface area contributed by atoms with Crippen LogP contribution in [0.3, 0.4) is 0 Å². The molecule has 0 aromatic carbocycles. The maximum absolute atomic E-state index is 11.4. The van der Waals surface area contributed by atoms with Crippen LogP contribution in [0, 0.1) is 0 Å². The summed E-state index contributed by atoms with van der Waals surface area (Å²) in [6.07, 6.45) is -0.251. The summed E-state index contributed by atoms with van der Waals surface area (Å²) in [6, 6.07) is -0.997. The topological polar surface area (TPSA) is 122 Å². The highest BCUT2D eigenvalue weighted by Crippen LogP contribution is 1.93. The molecular weight excluding hydrogens is 226 g/mol. The fraction of sp³-hybridized carbons (Fsp3) is 0.700. The molecule has 0 spiro atoms. The van der Waals surface area contributed by atoms with E-state index in [4.69, 9.17) is 10.8 Å². The number of rotatable bonds is 8. The van der Waals surface area contributed by atoms with Crippen LogP contribution in [0.2, 0.25) is 0 Å². The Morgan fingerprint density at radius 3 is 2.29 bits per heavy atom. The van der Waals surface area contributed by atoms with E-state index >= 15 is 0 Å². The highest BCUT2D eigenvalue weighted by Gasteiger charge is 2.21. The second-order valence-electron chi connectivity index (χ2n) is 3.99. The average molecular weight is 245 g/mol. The summed E-state index contributed by atoms with van der Waals surface area (Å²) < 4.78 is 0. The molecule has 0 saturated heterocycles. The zero-order valence-electron chi connectivity index (χ0n) is 10.0. The number of amides is 2. The number of nitrogens with one attached hydrogen (secondary N) is 2. The molecule has 0 aromatic rings. The highest BCUT2D eigenvalue weighted by molar-refractivity contribution is 5.88. The average Bonchev–Trinajstić information content (AvgIpc) is 2.15. The smallest absolute Gasteiger partial charge is 0.326 e. The van der Waals surface area contributed by atoms with Gasteiger partial charge in [0.2, 0.25) is 11.8 Å². The van der Waals surface area contributed by atoms with Crippen molar-refractivity contribution in [3.63, 3.8) is 0 Å². The number of hydrogen-bond acceptors (Lipinski definition) is 4. The number of nitrogens with two attached hydrogens (primary N) is 1. The Morgan fingerprint density at radius 2 is 1.88 bits per heavy atom. The molecule has 0 bridgehead atoms. The van der Waals surface area contributed by atoms with E-state index in [0.717, 1.165) is 0 Å². The monoisotopic (exact) mass is 245 g/mol. The molecule has 0 aromatic heterocycles. The normalized spacial score (nSPS) is 12.2. The van der Waals surface area contributed by atoms with Gasteiger partial charge < -0.3 is 21.5 Å². The molecule has 7 heteroatoms. The van der Waals surface area contributed by atoms with Crippen LogP contribution in [0.1, 0.15) is 26.7 Å². The first-order chi connectivity index (χ1) is 7.82. The van der Waals surface area contributed by atoms with Crippen LogP contribution < -0.4 is 16.4 Å². The third kappa shape index (κ3) is 8.21. The summed E-state index contributed by atoms with van der Waals surface area (Å²) in [5, 5.41) is 14.0. The first-order valence-electron chi connectivity index (χ1n) is 5.36. The minimum atomic E-state index is -1.27. The third-order valence-corrected chi connectivity index (χ3v) is 1.94. The van der Waals surface area contributed by atoms with E-state index in [9.17, 15) is 14.4 Å². The number of carboxylic acids is 1. The Kier molecular flexibility index (Phi) is 6.88. The van der Waals surface area contributed by atoms with E-state index in [1.165, 1.54) is 0 Å². The van der Waals surface area contributed by atoms with Crippen LogP contribution in [0.5, 0.6) is 0 Å². The van der Waals surface area contributed by atoms with Gasteiger partial charge in [0.05, 0.1) is 6.42 Å². The zero-order valence-corrected chi connectivity index (χ0v) is 10.0. The Hall–Kier alpha value is -1.63. The molecule has 0 radical (unpaired) electrons. The van der Waals surface area contributed by atoms with Crippen molar-refractivity contribution in [1.29, 1.82) is 0 Å². The van der Waals surface area contributed by atoms with Crippen molar-refractivity contribution in [2.75, 3.05) is 6.54 Å². The predicted molar refractivity (Wildman–Crippen MR) is 61.1 cm³/mol. The van der Waals surface area contributed by atoms with Crippen molar-refractivity contribution in [3.8, 4) is 0 Å². The SMILES string of the molecule is CC(C)NCCC(=O)N[C@H](CC(N)=O)C(=O)O. The molecule has 0 unspecified atom stereocenters. The lowest BCUT2D eigenvalue weighted by Crippen LogP contribution is -2.44. The molecule has 0 aliphatic carbocycles. The second kappa shape index (κ2) is 7.61. The number of carbonyl (C=O) groups excluding carboxylic acids is 2. The molecular formula is C10H19N3O4. The van der Waals surface area contributed by atoms with E-state index < -0.39 is 30.2 Å². The maximum atomic E-state index is 11.4. The van der Waals surface area contributed by atoms with E-state index in [2.05, 4.69) is 10.6 Å². The van der Waals surface area contributed by atoms with Crippen LogP contribution in [-0.4, -0.2) is 41.5 Å². The molecule has 0 aliphatic rings. The van der Waals surface area contributed by atoms with Crippen LogP contribution in [-0.2, 0) is 14.4 Å². The lowest BCUT2D eigenvalue weighted by Gasteiger charge is -2.13. The largest absolute Gasteiger partial charge is 0.480 e. The van der Waals surface area contributed by atoms with Crippen LogP contribution in [0.25, 0.3) is 0 Å². The van der Waals surface area contributed by atoms with Crippen LogP contribution >= 0.6 is 0 Å². The van der Waals surface area contributed by atoms with Gasteiger partial charge in [-0.15, -0.1) is 0 Å². The fourth-order valence-corrected chi connectivity index (χ4v) is 1.14. The van der Waals surface area contributed by atoms with Gasteiger partial charge in [0.25, 0.3) is 0 Å². The molecule has 2 amide bonds. The van der Waals surface area contributed by atoms with Crippen LogP contribution in [0.15, 0.2) is 0 Å².